The Labute approximate surface area is 182 Å². The fraction of sp³-hybridized carbons (Fsp3) is 0.154. The van der Waals surface area contributed by atoms with Crippen molar-refractivity contribution in [2.24, 2.45) is 0 Å². The first kappa shape index (κ1) is 20.4. The van der Waals surface area contributed by atoms with Gasteiger partial charge in [-0.15, -0.1) is 0 Å². The molecule has 1 amide bonds. The molecule has 0 aromatic heterocycles. The van der Waals surface area contributed by atoms with Gasteiger partial charge in [0.15, 0.2) is 0 Å². The van der Waals surface area contributed by atoms with Crippen molar-refractivity contribution in [2.75, 3.05) is 17.6 Å². The highest BCUT2D eigenvalue weighted by Gasteiger charge is 2.28. The Morgan fingerprint density at radius 1 is 1.10 bits per heavy atom. The summed E-state index contributed by atoms with van der Waals surface area (Å²) in [7, 11) is 0. The van der Waals surface area contributed by atoms with Gasteiger partial charge in [-0.1, -0.05) is 55.1 Å². The van der Waals surface area contributed by atoms with E-state index in [0.29, 0.717) is 36.4 Å². The van der Waals surface area contributed by atoms with Gasteiger partial charge in [-0.25, -0.2) is 0 Å². The summed E-state index contributed by atoms with van der Waals surface area (Å²) in [5, 5.41) is 12.2. The highest BCUT2D eigenvalue weighted by atomic mass is 16.1. The average molecular weight is 409 g/mol. The van der Waals surface area contributed by atoms with E-state index in [1.54, 1.807) is 12.1 Å². The van der Waals surface area contributed by atoms with E-state index in [2.05, 4.69) is 35.0 Å². The van der Waals surface area contributed by atoms with Crippen LogP contribution in [0.5, 0.6) is 0 Å². The molecule has 3 aromatic rings. The first-order valence-corrected chi connectivity index (χ1v) is 10.2. The molecule has 5 heteroatoms. The lowest BCUT2D eigenvalue weighted by Crippen LogP contribution is -2.34. The summed E-state index contributed by atoms with van der Waals surface area (Å²) < 4.78 is 0. The van der Waals surface area contributed by atoms with Gasteiger partial charge in [0, 0.05) is 24.7 Å². The van der Waals surface area contributed by atoms with E-state index < -0.39 is 0 Å². The molecule has 154 valence electrons. The third-order valence-corrected chi connectivity index (χ3v) is 5.63. The lowest BCUT2D eigenvalue weighted by Gasteiger charge is -2.37. The molecule has 0 fully saturated rings. The molecule has 1 heterocycles. The van der Waals surface area contributed by atoms with Crippen LogP contribution in [0.4, 0.5) is 11.4 Å². The van der Waals surface area contributed by atoms with Crippen molar-refractivity contribution in [2.45, 2.75) is 19.0 Å². The molecule has 1 aliphatic rings. The van der Waals surface area contributed by atoms with Gasteiger partial charge >= 0.3 is 0 Å². The van der Waals surface area contributed by atoms with Gasteiger partial charge in [0.2, 0.25) is 0 Å². The largest absolute Gasteiger partial charge is 0.397 e. The molecule has 1 unspecified atom stereocenters. The maximum absolute atomic E-state index is 12.6. The van der Waals surface area contributed by atoms with E-state index >= 15 is 0 Å². The van der Waals surface area contributed by atoms with Crippen LogP contribution < -0.4 is 11.1 Å². The fourth-order valence-corrected chi connectivity index (χ4v) is 4.04. The molecule has 0 radical (unpaired) electrons. The maximum atomic E-state index is 12.6. The number of nitrogen functional groups attached to an aromatic ring is 1. The van der Waals surface area contributed by atoms with Gasteiger partial charge in [-0.2, -0.15) is 5.26 Å². The summed E-state index contributed by atoms with van der Waals surface area (Å²) in [6, 6.07) is 25.2. The number of para-hydroxylation sites is 2. The second-order valence-corrected chi connectivity index (χ2v) is 7.71. The lowest BCUT2D eigenvalue weighted by atomic mass is 9.88. The fourth-order valence-electron chi connectivity index (χ4n) is 4.04. The second kappa shape index (κ2) is 8.86. The van der Waals surface area contributed by atoms with Crippen molar-refractivity contribution in [1.29, 1.82) is 5.26 Å². The molecular weight excluding hydrogens is 384 g/mol. The Morgan fingerprint density at radius 2 is 1.81 bits per heavy atom. The molecule has 0 bridgehead atoms. The van der Waals surface area contributed by atoms with Crippen LogP contribution in [0.15, 0.2) is 79.4 Å². The van der Waals surface area contributed by atoms with Gasteiger partial charge in [-0.3, -0.25) is 9.69 Å². The first-order chi connectivity index (χ1) is 15.1. The van der Waals surface area contributed by atoms with Crippen LogP contribution in [0, 0.1) is 11.3 Å². The predicted octanol–water partition coefficient (Wildman–Crippen LogP) is 5.00. The van der Waals surface area contributed by atoms with Crippen molar-refractivity contribution in [3.05, 3.63) is 102 Å². The van der Waals surface area contributed by atoms with Crippen LogP contribution in [0.25, 0.3) is 5.57 Å². The van der Waals surface area contributed by atoms with Gasteiger partial charge in [-0.05, 0) is 46.5 Å². The number of nitrogens with one attached hydrogen (secondary N) is 1. The maximum Gasteiger partial charge on any atom is 0.255 e. The Morgan fingerprint density at radius 3 is 2.55 bits per heavy atom. The zero-order valence-electron chi connectivity index (χ0n) is 17.2. The minimum atomic E-state index is -0.202. The molecule has 0 spiro atoms. The Hall–Kier alpha value is -3.88. The summed E-state index contributed by atoms with van der Waals surface area (Å²) in [5.41, 5.74) is 12.0. The summed E-state index contributed by atoms with van der Waals surface area (Å²) in [5.74, 6) is -0.202. The molecular formula is C26H24N4O. The topological polar surface area (TPSA) is 82.2 Å². The van der Waals surface area contributed by atoms with Crippen LogP contribution in [-0.2, 0) is 6.54 Å². The Balaban J connectivity index is 1.50. The van der Waals surface area contributed by atoms with Crippen molar-refractivity contribution < 1.29 is 4.79 Å². The van der Waals surface area contributed by atoms with E-state index in [-0.39, 0.29) is 11.9 Å². The molecule has 5 nitrogen and oxygen atoms in total. The number of nitrogens with two attached hydrogens (primary N) is 1. The number of benzene rings is 3. The predicted molar refractivity (Wildman–Crippen MR) is 124 cm³/mol. The normalized spacial score (nSPS) is 15.7. The zero-order valence-corrected chi connectivity index (χ0v) is 17.2. The quantitative estimate of drug-likeness (QED) is 0.582. The van der Waals surface area contributed by atoms with Gasteiger partial charge < -0.3 is 11.1 Å². The molecule has 3 aromatic carbocycles. The first-order valence-electron chi connectivity index (χ1n) is 10.2. The van der Waals surface area contributed by atoms with Crippen LogP contribution in [-0.4, -0.2) is 17.4 Å². The van der Waals surface area contributed by atoms with Gasteiger partial charge in [0.1, 0.15) is 0 Å². The number of hydrogen-bond acceptors (Lipinski definition) is 4. The third-order valence-electron chi connectivity index (χ3n) is 5.63. The number of nitrogens with zero attached hydrogens (tertiary/aromatic N) is 2. The van der Waals surface area contributed by atoms with Crippen molar-refractivity contribution >= 4 is 22.9 Å². The van der Waals surface area contributed by atoms with Crippen molar-refractivity contribution in [3.8, 4) is 6.07 Å². The minimum Gasteiger partial charge on any atom is -0.397 e. The number of carbonyl (C=O) groups excluding carboxylic acids is 1. The third kappa shape index (κ3) is 4.35. The Bertz CT molecular complexity index is 1160. The van der Waals surface area contributed by atoms with Gasteiger partial charge in [0.05, 0.1) is 23.9 Å². The molecule has 1 atom stereocenters. The second-order valence-electron chi connectivity index (χ2n) is 7.71. The number of carbonyl (C=O) groups is 1. The van der Waals surface area contributed by atoms with E-state index in [1.807, 2.05) is 48.5 Å². The smallest absolute Gasteiger partial charge is 0.255 e. The SMILES string of the molecule is C=C1CN(Cc2ccc(C(=O)Nc3ccccc3N)cc2)C(CC#N)c2ccccc21. The highest BCUT2D eigenvalue weighted by Crippen LogP contribution is 2.37. The summed E-state index contributed by atoms with van der Waals surface area (Å²) in [6.45, 7) is 5.62. The standard InChI is InChI=1S/C26H24N4O/c1-18-16-30(25(14-15-27)22-7-3-2-6-21(18)22)17-19-10-12-20(13-11-19)26(31)29-24-9-5-4-8-23(24)28/h2-13,25H,1,14,16-17,28H2,(H,29,31). The molecule has 4 rings (SSSR count). The number of nitriles is 1. The van der Waals surface area contributed by atoms with Crippen molar-refractivity contribution in [1.82, 2.24) is 4.90 Å². The van der Waals surface area contributed by atoms with E-state index in [0.717, 1.165) is 22.3 Å². The van der Waals surface area contributed by atoms with Crippen molar-refractivity contribution in [3.63, 3.8) is 0 Å². The zero-order chi connectivity index (χ0) is 21.8. The summed E-state index contributed by atoms with van der Waals surface area (Å²) in [4.78, 5) is 14.8. The number of fused-ring (bicyclic) bond motifs is 1. The highest BCUT2D eigenvalue weighted by molar-refractivity contribution is 6.05. The number of rotatable bonds is 5. The molecule has 3 N–H and O–H groups in total. The van der Waals surface area contributed by atoms with Gasteiger partial charge in [0.25, 0.3) is 5.91 Å². The van der Waals surface area contributed by atoms with Crippen LogP contribution in [0.1, 0.15) is 39.5 Å². The summed E-state index contributed by atoms with van der Waals surface area (Å²) >= 11 is 0. The average Bonchev–Trinajstić information content (AvgIpc) is 2.78. The lowest BCUT2D eigenvalue weighted by molar-refractivity contribution is 0.102. The minimum absolute atomic E-state index is 0.0238. The number of amides is 1. The number of anilines is 2. The van der Waals surface area contributed by atoms with Crippen LogP contribution >= 0.6 is 0 Å². The molecule has 0 saturated carbocycles. The Kier molecular flexibility index (Phi) is 5.83. The van der Waals surface area contributed by atoms with E-state index in [9.17, 15) is 10.1 Å². The molecule has 0 saturated heterocycles. The van der Waals surface area contributed by atoms with Crippen LogP contribution in [0.3, 0.4) is 0 Å². The van der Waals surface area contributed by atoms with E-state index in [4.69, 9.17) is 5.73 Å². The van der Waals surface area contributed by atoms with Crippen LogP contribution in [0.2, 0.25) is 0 Å². The monoisotopic (exact) mass is 408 g/mol. The molecule has 1 aliphatic heterocycles. The number of hydrogen-bond donors (Lipinski definition) is 2. The molecule has 0 aliphatic carbocycles. The molecule has 31 heavy (non-hydrogen) atoms. The van der Waals surface area contributed by atoms with E-state index in [1.165, 1.54) is 0 Å². The summed E-state index contributed by atoms with van der Waals surface area (Å²) in [6.07, 6.45) is 0.420.